The molecule has 1 atom stereocenters. The summed E-state index contributed by atoms with van der Waals surface area (Å²) in [6, 6.07) is 8.15. The van der Waals surface area contributed by atoms with Gasteiger partial charge in [0.1, 0.15) is 5.54 Å². The summed E-state index contributed by atoms with van der Waals surface area (Å²) in [7, 11) is 1.54. The highest BCUT2D eigenvalue weighted by Gasteiger charge is 2.50. The van der Waals surface area contributed by atoms with Gasteiger partial charge in [0.2, 0.25) is 11.8 Å². The molecule has 2 aliphatic rings. The molecule has 1 aromatic carbocycles. The molecule has 0 radical (unpaired) electrons. The molecule has 5 nitrogen and oxygen atoms in total. The fourth-order valence-corrected chi connectivity index (χ4v) is 3.87. The highest BCUT2D eigenvalue weighted by atomic mass is 16.5. The molecule has 3 rings (SSSR count). The van der Waals surface area contributed by atoms with E-state index in [1.165, 1.54) is 18.2 Å². The summed E-state index contributed by atoms with van der Waals surface area (Å²) in [6.45, 7) is 0.756. The lowest BCUT2D eigenvalue weighted by Gasteiger charge is -2.36. The van der Waals surface area contributed by atoms with Crippen molar-refractivity contribution in [1.82, 2.24) is 4.90 Å². The minimum atomic E-state index is -0.972. The topological polar surface area (TPSA) is 72.6 Å². The summed E-state index contributed by atoms with van der Waals surface area (Å²) in [6.07, 6.45) is 2.86. The van der Waals surface area contributed by atoms with Crippen LogP contribution in [-0.4, -0.2) is 42.5 Å². The van der Waals surface area contributed by atoms with Crippen molar-refractivity contribution in [2.75, 3.05) is 20.3 Å². The number of nitrogens with zero attached hydrogens (tertiary/aromatic N) is 1. The Morgan fingerprint density at radius 3 is 2.50 bits per heavy atom. The van der Waals surface area contributed by atoms with Gasteiger partial charge in [-0.25, -0.2) is 0 Å². The number of rotatable bonds is 4. The van der Waals surface area contributed by atoms with Crippen molar-refractivity contribution in [3.05, 3.63) is 35.4 Å². The molecule has 1 heterocycles. The molecule has 2 N–H and O–H groups in total. The second-order valence-electron chi connectivity index (χ2n) is 6.30. The van der Waals surface area contributed by atoms with Crippen LogP contribution in [0.3, 0.4) is 0 Å². The first-order chi connectivity index (χ1) is 10.6. The summed E-state index contributed by atoms with van der Waals surface area (Å²) < 4.78 is 5.20. The Morgan fingerprint density at radius 2 is 1.95 bits per heavy atom. The molecular formula is C17H22N2O3. The lowest BCUT2D eigenvalue weighted by molar-refractivity contribution is -0.149. The van der Waals surface area contributed by atoms with Crippen molar-refractivity contribution in [3.63, 3.8) is 0 Å². The Morgan fingerprint density at radius 1 is 1.32 bits per heavy atom. The SMILES string of the molecule is COCC1(C(N)=O)CCCN1C(=O)C1Cc2ccccc2C1. The molecule has 0 saturated carbocycles. The third-order valence-electron chi connectivity index (χ3n) is 5.00. The summed E-state index contributed by atoms with van der Waals surface area (Å²) in [5.74, 6) is -0.522. The van der Waals surface area contributed by atoms with E-state index < -0.39 is 11.4 Å². The van der Waals surface area contributed by atoms with Gasteiger partial charge in [-0.3, -0.25) is 9.59 Å². The Hall–Kier alpha value is -1.88. The summed E-state index contributed by atoms with van der Waals surface area (Å²) in [5.41, 5.74) is 7.11. The molecule has 1 fully saturated rings. The number of carbonyl (C=O) groups is 2. The number of nitrogens with two attached hydrogens (primary N) is 1. The molecule has 1 aliphatic heterocycles. The maximum absolute atomic E-state index is 13.0. The minimum absolute atomic E-state index is 0.0320. The number of likely N-dealkylation sites (tertiary alicyclic amines) is 1. The first-order valence-corrected chi connectivity index (χ1v) is 7.75. The maximum Gasteiger partial charge on any atom is 0.245 e. The van der Waals surface area contributed by atoms with E-state index in [1.54, 1.807) is 4.90 Å². The number of methoxy groups -OCH3 is 1. The van der Waals surface area contributed by atoms with E-state index in [0.717, 1.165) is 19.3 Å². The van der Waals surface area contributed by atoms with Crippen LogP contribution in [0.4, 0.5) is 0 Å². The minimum Gasteiger partial charge on any atom is -0.382 e. The fourth-order valence-electron chi connectivity index (χ4n) is 3.87. The number of benzene rings is 1. The zero-order valence-corrected chi connectivity index (χ0v) is 12.9. The second-order valence-corrected chi connectivity index (χ2v) is 6.30. The Balaban J connectivity index is 1.82. The molecule has 0 aromatic heterocycles. The molecule has 0 bridgehead atoms. The molecule has 1 unspecified atom stereocenters. The molecule has 2 amide bonds. The van der Waals surface area contributed by atoms with Crippen LogP contribution in [0, 0.1) is 5.92 Å². The summed E-state index contributed by atoms with van der Waals surface area (Å²) >= 11 is 0. The Kier molecular flexibility index (Phi) is 3.91. The van der Waals surface area contributed by atoms with Crippen LogP contribution in [-0.2, 0) is 27.2 Å². The molecule has 22 heavy (non-hydrogen) atoms. The standard InChI is InChI=1S/C17H22N2O3/c1-22-11-17(16(18)21)7-4-8-19(17)15(20)14-9-12-5-2-3-6-13(12)10-14/h2-3,5-6,14H,4,7-11H2,1H3,(H2,18,21). The van der Waals surface area contributed by atoms with E-state index >= 15 is 0 Å². The van der Waals surface area contributed by atoms with E-state index in [9.17, 15) is 9.59 Å². The first kappa shape index (κ1) is 15.0. The van der Waals surface area contributed by atoms with Crippen molar-refractivity contribution in [3.8, 4) is 0 Å². The lowest BCUT2D eigenvalue weighted by Crippen LogP contribution is -2.60. The number of amides is 2. The quantitative estimate of drug-likeness (QED) is 0.898. The van der Waals surface area contributed by atoms with Crippen molar-refractivity contribution in [2.45, 2.75) is 31.2 Å². The average Bonchev–Trinajstić information content (AvgIpc) is 3.11. The van der Waals surface area contributed by atoms with Gasteiger partial charge in [0, 0.05) is 19.6 Å². The number of carbonyl (C=O) groups excluding carboxylic acids is 2. The van der Waals surface area contributed by atoms with Crippen LogP contribution in [0.5, 0.6) is 0 Å². The second kappa shape index (κ2) is 5.72. The van der Waals surface area contributed by atoms with Gasteiger partial charge < -0.3 is 15.4 Å². The van der Waals surface area contributed by atoms with Gasteiger partial charge in [0.15, 0.2) is 0 Å². The predicted molar refractivity (Wildman–Crippen MR) is 82.1 cm³/mol. The summed E-state index contributed by atoms with van der Waals surface area (Å²) in [5, 5.41) is 0. The summed E-state index contributed by atoms with van der Waals surface area (Å²) in [4.78, 5) is 26.7. The van der Waals surface area contributed by atoms with E-state index in [0.29, 0.717) is 13.0 Å². The molecule has 5 heteroatoms. The number of hydrogen-bond acceptors (Lipinski definition) is 3. The van der Waals surface area contributed by atoms with Crippen LogP contribution in [0.2, 0.25) is 0 Å². The average molecular weight is 302 g/mol. The molecule has 1 aromatic rings. The van der Waals surface area contributed by atoms with Crippen molar-refractivity contribution in [2.24, 2.45) is 11.7 Å². The van der Waals surface area contributed by atoms with Crippen molar-refractivity contribution < 1.29 is 14.3 Å². The number of hydrogen-bond donors (Lipinski definition) is 1. The lowest BCUT2D eigenvalue weighted by atomic mass is 9.94. The van der Waals surface area contributed by atoms with Crippen LogP contribution in [0.1, 0.15) is 24.0 Å². The van der Waals surface area contributed by atoms with Crippen molar-refractivity contribution in [1.29, 1.82) is 0 Å². The van der Waals surface area contributed by atoms with Gasteiger partial charge in [0.25, 0.3) is 0 Å². The van der Waals surface area contributed by atoms with Gasteiger partial charge in [-0.2, -0.15) is 0 Å². The van der Waals surface area contributed by atoms with Crippen LogP contribution in [0.25, 0.3) is 0 Å². The zero-order chi connectivity index (χ0) is 15.7. The highest BCUT2D eigenvalue weighted by Crippen LogP contribution is 2.35. The smallest absolute Gasteiger partial charge is 0.245 e. The predicted octanol–water partition coefficient (Wildman–Crippen LogP) is 0.894. The third kappa shape index (κ3) is 2.29. The molecule has 0 spiro atoms. The van der Waals surface area contributed by atoms with Gasteiger partial charge in [0.05, 0.1) is 6.61 Å². The third-order valence-corrected chi connectivity index (χ3v) is 5.00. The molecule has 1 saturated heterocycles. The van der Waals surface area contributed by atoms with Crippen LogP contribution >= 0.6 is 0 Å². The normalized spacial score (nSPS) is 24.5. The Labute approximate surface area is 130 Å². The van der Waals surface area contributed by atoms with E-state index in [1.807, 2.05) is 12.1 Å². The van der Waals surface area contributed by atoms with E-state index in [-0.39, 0.29) is 18.4 Å². The zero-order valence-electron chi connectivity index (χ0n) is 12.9. The Bertz CT molecular complexity index is 576. The van der Waals surface area contributed by atoms with E-state index in [4.69, 9.17) is 10.5 Å². The van der Waals surface area contributed by atoms with Crippen LogP contribution < -0.4 is 5.73 Å². The monoisotopic (exact) mass is 302 g/mol. The number of fused-ring (bicyclic) bond motifs is 1. The highest BCUT2D eigenvalue weighted by molar-refractivity contribution is 5.92. The fraction of sp³-hybridized carbons (Fsp3) is 0.529. The van der Waals surface area contributed by atoms with Gasteiger partial charge in [-0.1, -0.05) is 24.3 Å². The maximum atomic E-state index is 13.0. The number of ether oxygens (including phenoxy) is 1. The number of primary amides is 1. The molecule has 118 valence electrons. The first-order valence-electron chi connectivity index (χ1n) is 7.75. The van der Waals surface area contributed by atoms with Crippen LogP contribution in [0.15, 0.2) is 24.3 Å². The van der Waals surface area contributed by atoms with Gasteiger partial charge in [-0.05, 0) is 36.8 Å². The van der Waals surface area contributed by atoms with Crippen molar-refractivity contribution >= 4 is 11.8 Å². The van der Waals surface area contributed by atoms with E-state index in [2.05, 4.69) is 12.1 Å². The largest absolute Gasteiger partial charge is 0.382 e. The molecule has 1 aliphatic carbocycles. The molecular weight excluding hydrogens is 280 g/mol. The van der Waals surface area contributed by atoms with Gasteiger partial charge in [-0.15, -0.1) is 0 Å². The van der Waals surface area contributed by atoms with Gasteiger partial charge >= 0.3 is 0 Å².